The summed E-state index contributed by atoms with van der Waals surface area (Å²) < 4.78 is 5.22. The Bertz CT molecular complexity index is 352. The Hall–Kier alpha value is -0.990. The molecule has 3 aliphatic rings. The molecule has 0 saturated carbocycles. The van der Waals surface area contributed by atoms with E-state index in [0.29, 0.717) is 18.7 Å². The first kappa shape index (κ1) is 13.0. The minimum atomic E-state index is -0.0763. The van der Waals surface area contributed by atoms with E-state index in [4.69, 9.17) is 4.74 Å². The molecule has 0 spiro atoms. The highest BCUT2D eigenvalue weighted by molar-refractivity contribution is 5.69. The molecule has 106 valence electrons. The first-order chi connectivity index (χ1) is 9.29. The zero-order valence-corrected chi connectivity index (χ0v) is 11.9. The molecule has 0 aromatic heterocycles. The number of amides is 1. The van der Waals surface area contributed by atoms with Crippen molar-refractivity contribution >= 4 is 6.09 Å². The molecular weight excluding hydrogens is 238 g/mol. The Kier molecular flexibility index (Phi) is 3.81. The van der Waals surface area contributed by atoms with Crippen molar-refractivity contribution in [1.29, 1.82) is 0 Å². The van der Waals surface area contributed by atoms with Gasteiger partial charge < -0.3 is 9.64 Å². The number of hydrogen-bond acceptors (Lipinski definition) is 2. The van der Waals surface area contributed by atoms with Gasteiger partial charge in [-0.1, -0.05) is 12.2 Å². The van der Waals surface area contributed by atoms with E-state index < -0.39 is 0 Å². The van der Waals surface area contributed by atoms with Crippen LogP contribution in [-0.4, -0.2) is 29.7 Å². The summed E-state index contributed by atoms with van der Waals surface area (Å²) >= 11 is 0. The first-order valence-corrected chi connectivity index (χ1v) is 7.91. The average Bonchev–Trinajstić information content (AvgIpc) is 2.71. The van der Waals surface area contributed by atoms with E-state index in [1.807, 2.05) is 11.8 Å². The molecule has 0 N–H and O–H groups in total. The normalized spacial score (nSPS) is 37.4. The molecule has 3 rings (SSSR count). The quantitative estimate of drug-likeness (QED) is 0.710. The lowest BCUT2D eigenvalue weighted by atomic mass is 9.77. The van der Waals surface area contributed by atoms with Crippen molar-refractivity contribution in [2.45, 2.75) is 64.0 Å². The Balaban J connectivity index is 1.66. The van der Waals surface area contributed by atoms with Crippen molar-refractivity contribution in [3.63, 3.8) is 0 Å². The van der Waals surface area contributed by atoms with Crippen LogP contribution in [0.15, 0.2) is 12.2 Å². The number of ether oxygens (including phenoxy) is 1. The summed E-state index contributed by atoms with van der Waals surface area (Å²) in [6.07, 6.45) is 13.4. The van der Waals surface area contributed by atoms with E-state index in [9.17, 15) is 4.79 Å². The lowest BCUT2D eigenvalue weighted by Crippen LogP contribution is -2.47. The molecule has 2 bridgehead atoms. The Morgan fingerprint density at radius 2 is 2.00 bits per heavy atom. The smallest absolute Gasteiger partial charge is 0.410 e. The molecule has 19 heavy (non-hydrogen) atoms. The Labute approximate surface area is 116 Å². The van der Waals surface area contributed by atoms with Gasteiger partial charge in [-0.2, -0.15) is 0 Å². The van der Waals surface area contributed by atoms with Crippen molar-refractivity contribution in [3.05, 3.63) is 12.2 Å². The van der Waals surface area contributed by atoms with Gasteiger partial charge in [0.2, 0.25) is 0 Å². The summed E-state index contributed by atoms with van der Waals surface area (Å²) in [5, 5.41) is 0. The van der Waals surface area contributed by atoms with Crippen LogP contribution in [0.2, 0.25) is 0 Å². The lowest BCUT2D eigenvalue weighted by Gasteiger charge is -2.41. The molecular formula is C16H25NO2. The molecule has 2 fully saturated rings. The SMILES string of the molecule is CCOC(=O)N1C2CCC1CC(C1C=CCCC1)C2. The molecule has 0 aromatic rings. The third kappa shape index (κ3) is 2.52. The minimum absolute atomic E-state index is 0.0763. The van der Waals surface area contributed by atoms with Crippen LogP contribution in [-0.2, 0) is 4.74 Å². The van der Waals surface area contributed by atoms with Crippen molar-refractivity contribution in [2.75, 3.05) is 6.61 Å². The van der Waals surface area contributed by atoms with Crippen LogP contribution in [0.5, 0.6) is 0 Å². The van der Waals surface area contributed by atoms with Gasteiger partial charge in [0, 0.05) is 12.1 Å². The zero-order chi connectivity index (χ0) is 13.2. The standard InChI is InChI=1S/C16H25NO2/c1-2-19-16(18)17-14-8-9-15(17)11-13(10-14)12-6-4-3-5-7-12/h4,6,12-15H,2-3,5,7-11H2,1H3. The van der Waals surface area contributed by atoms with Crippen molar-refractivity contribution in [2.24, 2.45) is 11.8 Å². The number of piperidine rings is 1. The van der Waals surface area contributed by atoms with Gasteiger partial charge in [-0.15, -0.1) is 0 Å². The van der Waals surface area contributed by atoms with Crippen LogP contribution >= 0.6 is 0 Å². The molecule has 1 amide bonds. The number of carbonyl (C=O) groups is 1. The van der Waals surface area contributed by atoms with Crippen LogP contribution in [0.1, 0.15) is 51.9 Å². The van der Waals surface area contributed by atoms with Gasteiger partial charge >= 0.3 is 6.09 Å². The Morgan fingerprint density at radius 1 is 1.26 bits per heavy atom. The number of nitrogens with zero attached hydrogens (tertiary/aromatic N) is 1. The maximum absolute atomic E-state index is 12.0. The molecule has 2 saturated heterocycles. The topological polar surface area (TPSA) is 29.5 Å². The second kappa shape index (κ2) is 5.56. The summed E-state index contributed by atoms with van der Waals surface area (Å²) in [6, 6.07) is 0.885. The molecule has 3 atom stereocenters. The van der Waals surface area contributed by atoms with Gasteiger partial charge in [0.1, 0.15) is 0 Å². The van der Waals surface area contributed by atoms with E-state index in [1.165, 1.54) is 44.9 Å². The van der Waals surface area contributed by atoms with Gasteiger partial charge in [0.05, 0.1) is 6.61 Å². The maximum atomic E-state index is 12.0. The van der Waals surface area contributed by atoms with Gasteiger partial charge in [0.15, 0.2) is 0 Å². The number of fused-ring (bicyclic) bond motifs is 2. The van der Waals surface area contributed by atoms with Gasteiger partial charge in [-0.05, 0) is 63.7 Å². The number of hydrogen-bond donors (Lipinski definition) is 0. The summed E-state index contributed by atoms with van der Waals surface area (Å²) in [5.41, 5.74) is 0. The van der Waals surface area contributed by atoms with Crippen LogP contribution in [0.3, 0.4) is 0 Å². The minimum Gasteiger partial charge on any atom is -0.450 e. The van der Waals surface area contributed by atoms with Crippen molar-refractivity contribution in [3.8, 4) is 0 Å². The Morgan fingerprint density at radius 3 is 2.58 bits per heavy atom. The zero-order valence-electron chi connectivity index (χ0n) is 11.9. The predicted molar refractivity (Wildman–Crippen MR) is 74.9 cm³/mol. The third-order valence-electron chi connectivity index (χ3n) is 5.15. The summed E-state index contributed by atoms with van der Waals surface area (Å²) in [7, 11) is 0. The molecule has 3 unspecified atom stereocenters. The van der Waals surface area contributed by atoms with Crippen LogP contribution in [0.25, 0.3) is 0 Å². The fourth-order valence-corrected chi connectivity index (χ4v) is 4.30. The molecule has 3 heteroatoms. The molecule has 1 aliphatic carbocycles. The van der Waals surface area contributed by atoms with Gasteiger partial charge in [-0.25, -0.2) is 4.79 Å². The van der Waals surface area contributed by atoms with Crippen molar-refractivity contribution in [1.82, 2.24) is 4.90 Å². The number of rotatable bonds is 2. The van der Waals surface area contributed by atoms with E-state index in [1.54, 1.807) is 0 Å². The number of allylic oxidation sites excluding steroid dienone is 2. The second-order valence-corrected chi connectivity index (χ2v) is 6.25. The fraction of sp³-hybridized carbons (Fsp3) is 0.812. The molecule has 2 aliphatic heterocycles. The van der Waals surface area contributed by atoms with E-state index >= 15 is 0 Å². The third-order valence-corrected chi connectivity index (χ3v) is 5.15. The van der Waals surface area contributed by atoms with Gasteiger partial charge in [-0.3, -0.25) is 0 Å². The van der Waals surface area contributed by atoms with Crippen LogP contribution in [0, 0.1) is 11.8 Å². The molecule has 0 aromatic carbocycles. The van der Waals surface area contributed by atoms with E-state index in [-0.39, 0.29) is 6.09 Å². The molecule has 0 radical (unpaired) electrons. The number of carbonyl (C=O) groups excluding carboxylic acids is 1. The van der Waals surface area contributed by atoms with Crippen molar-refractivity contribution < 1.29 is 9.53 Å². The fourth-order valence-electron chi connectivity index (χ4n) is 4.30. The molecule has 2 heterocycles. The second-order valence-electron chi connectivity index (χ2n) is 6.25. The highest BCUT2D eigenvalue weighted by atomic mass is 16.6. The average molecular weight is 263 g/mol. The van der Waals surface area contributed by atoms with E-state index in [2.05, 4.69) is 12.2 Å². The maximum Gasteiger partial charge on any atom is 0.410 e. The lowest BCUT2D eigenvalue weighted by molar-refractivity contribution is 0.0526. The first-order valence-electron chi connectivity index (χ1n) is 7.91. The highest BCUT2D eigenvalue weighted by Crippen LogP contribution is 2.43. The predicted octanol–water partition coefficient (Wildman–Crippen LogP) is 3.74. The van der Waals surface area contributed by atoms with Crippen LogP contribution in [0.4, 0.5) is 4.79 Å². The van der Waals surface area contributed by atoms with E-state index in [0.717, 1.165) is 11.8 Å². The summed E-state index contributed by atoms with van der Waals surface area (Å²) in [5.74, 6) is 1.56. The summed E-state index contributed by atoms with van der Waals surface area (Å²) in [6.45, 7) is 2.38. The van der Waals surface area contributed by atoms with Gasteiger partial charge in [0.25, 0.3) is 0 Å². The largest absolute Gasteiger partial charge is 0.450 e. The summed E-state index contributed by atoms with van der Waals surface area (Å²) in [4.78, 5) is 14.1. The van der Waals surface area contributed by atoms with Crippen LogP contribution < -0.4 is 0 Å². The highest BCUT2D eigenvalue weighted by Gasteiger charge is 2.45. The monoisotopic (exact) mass is 263 g/mol. The molecule has 3 nitrogen and oxygen atoms in total.